The lowest BCUT2D eigenvalue weighted by Gasteiger charge is -2.17. The summed E-state index contributed by atoms with van der Waals surface area (Å²) in [6, 6.07) is 7.83. The van der Waals surface area contributed by atoms with Crippen LogP contribution >= 0.6 is 0 Å². The van der Waals surface area contributed by atoms with E-state index in [0.717, 1.165) is 5.69 Å². The summed E-state index contributed by atoms with van der Waals surface area (Å²) in [4.78, 5) is 0. The highest BCUT2D eigenvalue weighted by Crippen LogP contribution is 2.28. The Morgan fingerprint density at radius 2 is 1.95 bits per heavy atom. The summed E-state index contributed by atoms with van der Waals surface area (Å²) in [5.41, 5.74) is 1.48. The van der Waals surface area contributed by atoms with E-state index in [-0.39, 0.29) is 5.56 Å². The van der Waals surface area contributed by atoms with Crippen molar-refractivity contribution < 1.29 is 8.78 Å². The first-order valence-electron chi connectivity index (χ1n) is 6.22. The Bertz CT molecular complexity index is 535. The van der Waals surface area contributed by atoms with Crippen molar-refractivity contribution in [1.29, 1.82) is 0 Å². The molecule has 0 saturated carbocycles. The molecule has 0 spiro atoms. The minimum absolute atomic E-state index is 0.0180. The summed E-state index contributed by atoms with van der Waals surface area (Å²) in [5.74, 6) is -2.90. The Morgan fingerprint density at radius 1 is 1.26 bits per heavy atom. The summed E-state index contributed by atoms with van der Waals surface area (Å²) in [5, 5.41) is 7.00. The molecule has 2 aromatic rings. The number of anilines is 1. The number of nitrogens with one attached hydrogen (secondary N) is 1. The Balaban J connectivity index is 2.09. The van der Waals surface area contributed by atoms with E-state index >= 15 is 0 Å². The van der Waals surface area contributed by atoms with Gasteiger partial charge < -0.3 is 5.32 Å². The molecule has 0 bridgehead atoms. The molecule has 1 N–H and O–H groups in total. The van der Waals surface area contributed by atoms with Crippen molar-refractivity contribution in [2.45, 2.75) is 19.3 Å². The van der Waals surface area contributed by atoms with E-state index in [4.69, 9.17) is 0 Å². The van der Waals surface area contributed by atoms with Crippen LogP contribution < -0.4 is 5.32 Å². The van der Waals surface area contributed by atoms with Gasteiger partial charge in [-0.1, -0.05) is 37.3 Å². The fourth-order valence-electron chi connectivity index (χ4n) is 1.93. The molecular weight excluding hydrogens is 248 g/mol. The molecule has 0 unspecified atom stereocenters. The molecule has 19 heavy (non-hydrogen) atoms. The first-order valence-corrected chi connectivity index (χ1v) is 6.22. The van der Waals surface area contributed by atoms with E-state index in [1.54, 1.807) is 36.1 Å². The molecule has 3 nitrogen and oxygen atoms in total. The SMILES string of the molecule is CCc1nn(C)cc1NCC(F)(F)c1ccccc1. The van der Waals surface area contributed by atoms with Gasteiger partial charge in [0.05, 0.1) is 17.9 Å². The fourth-order valence-corrected chi connectivity index (χ4v) is 1.93. The van der Waals surface area contributed by atoms with Gasteiger partial charge in [-0.05, 0) is 6.42 Å². The molecule has 0 atom stereocenters. The Morgan fingerprint density at radius 3 is 2.58 bits per heavy atom. The molecule has 0 fully saturated rings. The monoisotopic (exact) mass is 265 g/mol. The smallest absolute Gasteiger partial charge is 0.290 e. The maximum atomic E-state index is 14.0. The predicted molar refractivity (Wildman–Crippen MR) is 71.4 cm³/mol. The normalized spacial score (nSPS) is 11.6. The van der Waals surface area contributed by atoms with Crippen molar-refractivity contribution in [2.75, 3.05) is 11.9 Å². The summed E-state index contributed by atoms with van der Waals surface area (Å²) in [7, 11) is 1.78. The number of hydrogen-bond donors (Lipinski definition) is 1. The third kappa shape index (κ3) is 3.10. The summed E-state index contributed by atoms with van der Waals surface area (Å²) >= 11 is 0. The summed E-state index contributed by atoms with van der Waals surface area (Å²) < 4.78 is 29.6. The third-order valence-corrected chi connectivity index (χ3v) is 2.94. The van der Waals surface area contributed by atoms with Crippen LogP contribution in [0.4, 0.5) is 14.5 Å². The zero-order valence-electron chi connectivity index (χ0n) is 11.0. The van der Waals surface area contributed by atoms with Gasteiger partial charge in [0.2, 0.25) is 0 Å². The number of aryl methyl sites for hydroxylation is 2. The molecule has 0 aliphatic rings. The van der Waals surface area contributed by atoms with Crippen LogP contribution in [0.2, 0.25) is 0 Å². The lowest BCUT2D eigenvalue weighted by atomic mass is 10.1. The predicted octanol–water partition coefficient (Wildman–Crippen LogP) is 3.19. The van der Waals surface area contributed by atoms with Crippen molar-refractivity contribution in [3.8, 4) is 0 Å². The maximum Gasteiger partial charge on any atom is 0.290 e. The number of rotatable bonds is 5. The minimum atomic E-state index is -2.90. The van der Waals surface area contributed by atoms with Crippen LogP contribution in [0.15, 0.2) is 36.5 Å². The molecule has 0 amide bonds. The number of alkyl halides is 2. The number of benzene rings is 1. The van der Waals surface area contributed by atoms with E-state index in [1.165, 1.54) is 12.1 Å². The van der Waals surface area contributed by atoms with Gasteiger partial charge in [0, 0.05) is 18.8 Å². The number of aromatic nitrogens is 2. The summed E-state index contributed by atoms with van der Waals surface area (Å²) in [6.07, 6.45) is 2.43. The number of nitrogens with zero attached hydrogens (tertiary/aromatic N) is 2. The van der Waals surface area contributed by atoms with Gasteiger partial charge in [0.25, 0.3) is 5.92 Å². The zero-order chi connectivity index (χ0) is 13.9. The largest absolute Gasteiger partial charge is 0.376 e. The molecule has 1 heterocycles. The molecule has 2 rings (SSSR count). The number of hydrogen-bond acceptors (Lipinski definition) is 2. The molecule has 102 valence electrons. The van der Waals surface area contributed by atoms with Crippen LogP contribution in [0.25, 0.3) is 0 Å². The van der Waals surface area contributed by atoms with Gasteiger partial charge in [0.1, 0.15) is 0 Å². The first-order chi connectivity index (χ1) is 9.03. The molecule has 0 aliphatic heterocycles. The Labute approximate surface area is 111 Å². The minimum Gasteiger partial charge on any atom is -0.376 e. The van der Waals surface area contributed by atoms with Gasteiger partial charge in [0.15, 0.2) is 0 Å². The lowest BCUT2D eigenvalue weighted by molar-refractivity contribution is 0.0106. The Hall–Kier alpha value is -1.91. The molecule has 1 aromatic carbocycles. The average molecular weight is 265 g/mol. The lowest BCUT2D eigenvalue weighted by Crippen LogP contribution is -2.24. The first kappa shape index (κ1) is 13.5. The van der Waals surface area contributed by atoms with E-state index in [1.807, 2.05) is 6.92 Å². The zero-order valence-corrected chi connectivity index (χ0v) is 11.0. The molecular formula is C14H17F2N3. The maximum absolute atomic E-state index is 14.0. The van der Waals surface area contributed by atoms with Gasteiger partial charge in [-0.25, -0.2) is 0 Å². The third-order valence-electron chi connectivity index (χ3n) is 2.94. The molecule has 0 saturated heterocycles. The van der Waals surface area contributed by atoms with Crippen LogP contribution in [0.1, 0.15) is 18.2 Å². The highest BCUT2D eigenvalue weighted by Gasteiger charge is 2.31. The van der Waals surface area contributed by atoms with Crippen LogP contribution in [0.5, 0.6) is 0 Å². The number of halogens is 2. The molecule has 1 aromatic heterocycles. The second kappa shape index (κ2) is 5.38. The van der Waals surface area contributed by atoms with Crippen LogP contribution in [0, 0.1) is 0 Å². The van der Waals surface area contributed by atoms with Crippen LogP contribution in [0.3, 0.4) is 0 Å². The van der Waals surface area contributed by atoms with E-state index in [2.05, 4.69) is 10.4 Å². The van der Waals surface area contributed by atoms with Crippen molar-refractivity contribution in [1.82, 2.24) is 9.78 Å². The van der Waals surface area contributed by atoms with Crippen LogP contribution in [-0.2, 0) is 19.4 Å². The van der Waals surface area contributed by atoms with E-state index in [9.17, 15) is 8.78 Å². The Kier molecular flexibility index (Phi) is 3.83. The average Bonchev–Trinajstić information content (AvgIpc) is 2.78. The van der Waals surface area contributed by atoms with Gasteiger partial charge >= 0.3 is 0 Å². The van der Waals surface area contributed by atoms with Gasteiger partial charge in [-0.15, -0.1) is 0 Å². The highest BCUT2D eigenvalue weighted by molar-refractivity contribution is 5.46. The van der Waals surface area contributed by atoms with Crippen molar-refractivity contribution in [3.05, 3.63) is 47.8 Å². The quantitative estimate of drug-likeness (QED) is 0.899. The van der Waals surface area contributed by atoms with E-state index in [0.29, 0.717) is 12.1 Å². The van der Waals surface area contributed by atoms with Gasteiger partial charge in [-0.2, -0.15) is 13.9 Å². The standard InChI is InChI=1S/C14H17F2N3/c1-3-12-13(9-19(2)18-12)17-10-14(15,16)11-7-5-4-6-8-11/h4-9,17H,3,10H2,1-2H3. The van der Waals surface area contributed by atoms with Gasteiger partial charge in [-0.3, -0.25) is 4.68 Å². The second-order valence-electron chi connectivity index (χ2n) is 4.44. The topological polar surface area (TPSA) is 29.9 Å². The van der Waals surface area contributed by atoms with Crippen LogP contribution in [-0.4, -0.2) is 16.3 Å². The second-order valence-corrected chi connectivity index (χ2v) is 4.44. The van der Waals surface area contributed by atoms with Crippen molar-refractivity contribution in [3.63, 3.8) is 0 Å². The molecule has 5 heteroatoms. The van der Waals surface area contributed by atoms with Crippen molar-refractivity contribution in [2.24, 2.45) is 7.05 Å². The van der Waals surface area contributed by atoms with Crippen molar-refractivity contribution >= 4 is 5.69 Å². The van der Waals surface area contributed by atoms with E-state index < -0.39 is 12.5 Å². The fraction of sp³-hybridized carbons (Fsp3) is 0.357. The molecule has 0 aliphatic carbocycles. The highest BCUT2D eigenvalue weighted by atomic mass is 19.3. The summed E-state index contributed by atoms with van der Waals surface area (Å²) in [6.45, 7) is 1.51. The molecule has 0 radical (unpaired) electrons.